The minimum Gasteiger partial charge on any atom is -0.388 e. The minimum atomic E-state index is -1.46. The van der Waals surface area contributed by atoms with Crippen molar-refractivity contribution in [3.63, 3.8) is 0 Å². The predicted octanol–water partition coefficient (Wildman–Crippen LogP) is 3.14. The van der Waals surface area contributed by atoms with Crippen LogP contribution in [-0.4, -0.2) is 34.0 Å². The molecule has 2 fully saturated rings. The van der Waals surface area contributed by atoms with E-state index in [1.54, 1.807) is 12.2 Å². The first-order valence-corrected chi connectivity index (χ1v) is 10.2. The van der Waals surface area contributed by atoms with Gasteiger partial charge in [0.15, 0.2) is 11.6 Å². The maximum Gasteiger partial charge on any atom is 0.190 e. The first-order chi connectivity index (χ1) is 12.7. The highest BCUT2D eigenvalue weighted by Gasteiger charge is 2.67. The molecule has 4 nitrogen and oxygen atoms in total. The van der Waals surface area contributed by atoms with Crippen LogP contribution < -0.4 is 0 Å². The summed E-state index contributed by atoms with van der Waals surface area (Å²) in [6.07, 6.45) is 11.7. The van der Waals surface area contributed by atoms with E-state index in [-0.39, 0.29) is 23.0 Å². The largest absolute Gasteiger partial charge is 0.388 e. The van der Waals surface area contributed by atoms with E-state index in [4.69, 9.17) is 0 Å². The van der Waals surface area contributed by atoms with E-state index in [1.165, 1.54) is 11.1 Å². The van der Waals surface area contributed by atoms with Crippen molar-refractivity contribution in [2.45, 2.75) is 58.5 Å². The molecule has 0 saturated heterocycles. The molecule has 0 aromatic rings. The average Bonchev–Trinajstić information content (AvgIpc) is 2.90. The molecular formula is C23H30O4. The molecule has 0 spiro atoms. The van der Waals surface area contributed by atoms with Crippen LogP contribution in [-0.2, 0) is 9.59 Å². The lowest BCUT2D eigenvalue weighted by atomic mass is 9.51. The highest BCUT2D eigenvalue weighted by atomic mass is 16.3. The molecule has 0 amide bonds. The van der Waals surface area contributed by atoms with Crippen LogP contribution in [0.2, 0.25) is 0 Å². The molecule has 6 atom stereocenters. The molecule has 2 saturated carbocycles. The second-order valence-electron chi connectivity index (χ2n) is 9.33. The van der Waals surface area contributed by atoms with Gasteiger partial charge in [-0.15, -0.1) is 0 Å². The van der Waals surface area contributed by atoms with Crippen LogP contribution in [0.1, 0.15) is 52.9 Å². The van der Waals surface area contributed by atoms with Crippen molar-refractivity contribution in [1.82, 2.24) is 0 Å². The molecule has 0 unspecified atom stereocenters. The molecule has 0 aliphatic heterocycles. The number of allylic oxidation sites excluding steroid dienone is 6. The summed E-state index contributed by atoms with van der Waals surface area (Å²) in [5.41, 5.74) is 0.308. The Labute approximate surface area is 161 Å². The number of fused-ring (bicyclic) bond motifs is 5. The van der Waals surface area contributed by atoms with Gasteiger partial charge < -0.3 is 10.2 Å². The summed E-state index contributed by atoms with van der Waals surface area (Å²) in [7, 11) is 0. The molecule has 27 heavy (non-hydrogen) atoms. The minimum absolute atomic E-state index is 0.0667. The van der Waals surface area contributed by atoms with Gasteiger partial charge in [-0.25, -0.2) is 0 Å². The van der Waals surface area contributed by atoms with Gasteiger partial charge in [0.25, 0.3) is 0 Å². The maximum atomic E-state index is 12.7. The zero-order valence-corrected chi connectivity index (χ0v) is 16.5. The van der Waals surface area contributed by atoms with Crippen molar-refractivity contribution < 1.29 is 19.8 Å². The van der Waals surface area contributed by atoms with E-state index >= 15 is 0 Å². The van der Waals surface area contributed by atoms with Gasteiger partial charge in [-0.2, -0.15) is 0 Å². The Morgan fingerprint density at radius 1 is 1.33 bits per heavy atom. The first-order valence-electron chi connectivity index (χ1n) is 10.2. The van der Waals surface area contributed by atoms with Crippen molar-refractivity contribution >= 4 is 11.6 Å². The summed E-state index contributed by atoms with van der Waals surface area (Å²) in [5.74, 6) is 0.0396. The van der Waals surface area contributed by atoms with E-state index in [9.17, 15) is 19.8 Å². The fourth-order valence-electron chi connectivity index (χ4n) is 6.82. The lowest BCUT2D eigenvalue weighted by Gasteiger charge is -2.53. The molecule has 0 radical (unpaired) electrons. The first kappa shape index (κ1) is 18.8. The van der Waals surface area contributed by atoms with Crippen molar-refractivity contribution in [2.24, 2.45) is 28.6 Å². The van der Waals surface area contributed by atoms with Gasteiger partial charge in [0.05, 0.1) is 0 Å². The predicted molar refractivity (Wildman–Crippen MR) is 103 cm³/mol. The van der Waals surface area contributed by atoms with Gasteiger partial charge in [-0.05, 0) is 62.5 Å². The van der Waals surface area contributed by atoms with Gasteiger partial charge >= 0.3 is 0 Å². The fraction of sp³-hybridized carbons (Fsp3) is 0.652. The molecule has 2 N–H and O–H groups in total. The number of carbonyl (C=O) groups is 2. The summed E-state index contributed by atoms with van der Waals surface area (Å²) < 4.78 is 0. The number of carbonyl (C=O) groups excluding carboxylic acids is 2. The molecular weight excluding hydrogens is 340 g/mol. The lowest BCUT2D eigenvalue weighted by molar-refractivity contribution is -0.162. The normalized spacial score (nSPS) is 45.5. The van der Waals surface area contributed by atoms with Crippen LogP contribution in [0.25, 0.3) is 0 Å². The number of ketones is 2. The Kier molecular flexibility index (Phi) is 4.17. The van der Waals surface area contributed by atoms with Crippen LogP contribution in [0.5, 0.6) is 0 Å². The third-order valence-corrected chi connectivity index (χ3v) is 8.40. The highest BCUT2D eigenvalue weighted by molar-refractivity contribution is 6.01. The summed E-state index contributed by atoms with van der Waals surface area (Å²) in [5, 5.41) is 21.1. The third kappa shape index (κ3) is 2.23. The molecule has 146 valence electrons. The Hall–Kier alpha value is -1.52. The molecule has 4 aliphatic rings. The van der Waals surface area contributed by atoms with Gasteiger partial charge in [-0.3, -0.25) is 9.59 Å². The zero-order chi connectivity index (χ0) is 19.6. The Morgan fingerprint density at radius 3 is 2.74 bits per heavy atom. The number of Topliss-reactive ketones (excluding diaryl/α,β-unsaturated/α-hetero) is 1. The van der Waals surface area contributed by atoms with Crippen molar-refractivity contribution in [2.75, 3.05) is 6.61 Å². The number of hydrogen-bond donors (Lipinski definition) is 2. The second-order valence-corrected chi connectivity index (χ2v) is 9.33. The lowest BCUT2D eigenvalue weighted by Crippen LogP contribution is -2.57. The van der Waals surface area contributed by atoms with Gasteiger partial charge in [-0.1, -0.05) is 43.6 Å². The summed E-state index contributed by atoms with van der Waals surface area (Å²) in [6.45, 7) is 5.65. The van der Waals surface area contributed by atoms with E-state index in [0.717, 1.165) is 25.7 Å². The van der Waals surface area contributed by atoms with Gasteiger partial charge in [0.1, 0.15) is 12.2 Å². The second kappa shape index (κ2) is 5.99. The quantitative estimate of drug-likeness (QED) is 0.749. The Morgan fingerprint density at radius 2 is 2.07 bits per heavy atom. The summed E-state index contributed by atoms with van der Waals surface area (Å²) in [6, 6.07) is 0. The smallest absolute Gasteiger partial charge is 0.190 e. The zero-order valence-electron chi connectivity index (χ0n) is 16.5. The third-order valence-electron chi connectivity index (χ3n) is 8.40. The van der Waals surface area contributed by atoms with Crippen LogP contribution in [0.4, 0.5) is 0 Å². The molecule has 0 aromatic carbocycles. The standard InChI is InChI=1S/C23H30O4/c1-4-14-12-19-17-6-5-15-11-16(25)7-9-21(15,2)18(17)8-10-22(19,3)23(14,27)20(26)13-24/h7-9,11,14,17,19,24,27H,4-6,10,12-13H2,1-3H3/t14-,17+,19-,21-,22-,23-/m0/s1. The fourth-order valence-corrected chi connectivity index (χ4v) is 6.82. The molecule has 0 heterocycles. The van der Waals surface area contributed by atoms with E-state index < -0.39 is 23.4 Å². The highest BCUT2D eigenvalue weighted by Crippen LogP contribution is 2.66. The molecule has 4 aliphatic carbocycles. The molecule has 0 bridgehead atoms. The summed E-state index contributed by atoms with van der Waals surface area (Å²) >= 11 is 0. The van der Waals surface area contributed by atoms with E-state index in [1.807, 2.05) is 19.9 Å². The molecule has 4 heteroatoms. The number of rotatable bonds is 3. The number of aliphatic hydroxyl groups excluding tert-OH is 1. The Balaban J connectivity index is 1.80. The number of hydrogen-bond acceptors (Lipinski definition) is 4. The van der Waals surface area contributed by atoms with E-state index in [2.05, 4.69) is 13.0 Å². The van der Waals surface area contributed by atoms with Gasteiger partial charge in [0.2, 0.25) is 0 Å². The number of aliphatic hydroxyl groups is 2. The Bertz CT molecular complexity index is 790. The van der Waals surface area contributed by atoms with Crippen LogP contribution in [0.3, 0.4) is 0 Å². The van der Waals surface area contributed by atoms with Crippen molar-refractivity contribution in [3.05, 3.63) is 35.5 Å². The van der Waals surface area contributed by atoms with E-state index in [0.29, 0.717) is 12.3 Å². The SMILES string of the molecule is CC[C@H]1C[C@H]2[C@@H]3CCC4=CC(=O)C=C[C@]4(C)C3=CC[C@]2(C)[C@@]1(O)C(=O)CO. The summed E-state index contributed by atoms with van der Waals surface area (Å²) in [4.78, 5) is 24.5. The molecule has 0 aromatic heterocycles. The van der Waals surface area contributed by atoms with Crippen molar-refractivity contribution in [1.29, 1.82) is 0 Å². The topological polar surface area (TPSA) is 74.6 Å². The average molecular weight is 370 g/mol. The molecule has 4 rings (SSSR count). The van der Waals surface area contributed by atoms with Gasteiger partial charge in [0, 0.05) is 10.8 Å². The van der Waals surface area contributed by atoms with Crippen LogP contribution in [0, 0.1) is 28.6 Å². The van der Waals surface area contributed by atoms with Crippen LogP contribution in [0.15, 0.2) is 35.5 Å². The van der Waals surface area contributed by atoms with Crippen LogP contribution >= 0.6 is 0 Å². The van der Waals surface area contributed by atoms with Crippen molar-refractivity contribution in [3.8, 4) is 0 Å². The monoisotopic (exact) mass is 370 g/mol. The maximum absolute atomic E-state index is 12.7.